The molecule has 0 radical (unpaired) electrons. The van der Waals surface area contributed by atoms with Crippen LogP contribution in [0.1, 0.15) is 5.56 Å². The Balaban J connectivity index is 1.74. The van der Waals surface area contributed by atoms with E-state index in [1.54, 1.807) is 6.20 Å². The van der Waals surface area contributed by atoms with Crippen molar-refractivity contribution in [2.45, 2.75) is 6.92 Å². The van der Waals surface area contributed by atoms with Crippen LogP contribution in [0, 0.1) is 6.92 Å². The van der Waals surface area contributed by atoms with Crippen molar-refractivity contribution in [3.05, 3.63) is 66.4 Å². The van der Waals surface area contributed by atoms with E-state index in [0.29, 0.717) is 5.95 Å². The van der Waals surface area contributed by atoms with E-state index in [4.69, 9.17) is 0 Å². The lowest BCUT2D eigenvalue weighted by atomic mass is 10.2. The molecule has 3 N–H and O–H groups in total. The number of aryl methyl sites for hydroxylation is 1. The van der Waals surface area contributed by atoms with Crippen molar-refractivity contribution in [1.29, 1.82) is 0 Å². The van der Waals surface area contributed by atoms with Gasteiger partial charge in [-0.15, -0.1) is 0 Å². The first-order valence-corrected chi connectivity index (χ1v) is 7.65. The zero-order valence-electron chi connectivity index (χ0n) is 13.1. The first-order chi connectivity index (χ1) is 11.8. The molecule has 118 valence electrons. The van der Waals surface area contributed by atoms with Gasteiger partial charge in [-0.2, -0.15) is 10.1 Å². The van der Waals surface area contributed by atoms with Gasteiger partial charge in [0.15, 0.2) is 0 Å². The number of anilines is 4. The Hall–Kier alpha value is -3.41. The molecule has 0 bridgehead atoms. The van der Waals surface area contributed by atoms with Crippen LogP contribution in [-0.2, 0) is 0 Å². The highest BCUT2D eigenvalue weighted by Crippen LogP contribution is 2.25. The summed E-state index contributed by atoms with van der Waals surface area (Å²) in [7, 11) is 0. The number of hydrogen-bond donors (Lipinski definition) is 3. The maximum Gasteiger partial charge on any atom is 0.229 e. The van der Waals surface area contributed by atoms with Crippen molar-refractivity contribution < 1.29 is 0 Å². The highest BCUT2D eigenvalue weighted by atomic mass is 15.2. The van der Waals surface area contributed by atoms with Gasteiger partial charge >= 0.3 is 0 Å². The Labute approximate surface area is 139 Å². The lowest BCUT2D eigenvalue weighted by Gasteiger charge is -2.11. The number of nitrogens with zero attached hydrogens (tertiary/aromatic N) is 3. The number of aromatic nitrogens is 4. The quantitative estimate of drug-likeness (QED) is 0.527. The standard InChI is InChI=1S/C18H16N6/c1-12-6-8-13(9-7-12)20-18-21-15-5-3-2-4-14(15)17(23-18)22-16-10-11-19-24-16/h2-11H,1H3,(H3,19,20,21,22,23,24). The average molecular weight is 316 g/mol. The highest BCUT2D eigenvalue weighted by Gasteiger charge is 2.08. The van der Waals surface area contributed by atoms with Crippen LogP contribution in [-0.4, -0.2) is 20.2 Å². The fourth-order valence-corrected chi connectivity index (χ4v) is 2.45. The normalized spacial score (nSPS) is 10.7. The molecule has 2 aromatic heterocycles. The van der Waals surface area contributed by atoms with E-state index < -0.39 is 0 Å². The minimum absolute atomic E-state index is 0.541. The van der Waals surface area contributed by atoms with Gasteiger partial charge in [-0.05, 0) is 31.2 Å². The van der Waals surface area contributed by atoms with Crippen LogP contribution in [0.5, 0.6) is 0 Å². The van der Waals surface area contributed by atoms with E-state index >= 15 is 0 Å². The third-order valence-electron chi connectivity index (χ3n) is 3.66. The monoisotopic (exact) mass is 316 g/mol. The second-order valence-corrected chi connectivity index (χ2v) is 5.50. The van der Waals surface area contributed by atoms with Crippen molar-refractivity contribution in [2.24, 2.45) is 0 Å². The number of hydrogen-bond acceptors (Lipinski definition) is 5. The van der Waals surface area contributed by atoms with Crippen LogP contribution in [0.25, 0.3) is 10.9 Å². The van der Waals surface area contributed by atoms with Gasteiger partial charge in [0.05, 0.1) is 11.7 Å². The second-order valence-electron chi connectivity index (χ2n) is 5.50. The molecule has 0 saturated heterocycles. The predicted octanol–water partition coefficient (Wildman–Crippen LogP) is 4.15. The molecule has 0 spiro atoms. The Morgan fingerprint density at radius 1 is 0.875 bits per heavy atom. The first-order valence-electron chi connectivity index (χ1n) is 7.65. The van der Waals surface area contributed by atoms with E-state index in [-0.39, 0.29) is 0 Å². The summed E-state index contributed by atoms with van der Waals surface area (Å²) in [6, 6.07) is 17.9. The number of aromatic amines is 1. The minimum Gasteiger partial charge on any atom is -0.325 e. The maximum atomic E-state index is 4.61. The Morgan fingerprint density at radius 3 is 2.50 bits per heavy atom. The first kappa shape index (κ1) is 14.2. The third kappa shape index (κ3) is 2.89. The number of H-pyrrole nitrogens is 1. The molecule has 2 aromatic carbocycles. The summed E-state index contributed by atoms with van der Waals surface area (Å²) in [6.45, 7) is 2.06. The smallest absolute Gasteiger partial charge is 0.229 e. The van der Waals surface area contributed by atoms with Gasteiger partial charge in [0, 0.05) is 17.1 Å². The summed E-state index contributed by atoms with van der Waals surface area (Å²) >= 11 is 0. The number of fused-ring (bicyclic) bond motifs is 1. The van der Waals surface area contributed by atoms with E-state index in [9.17, 15) is 0 Å². The fraction of sp³-hybridized carbons (Fsp3) is 0.0556. The summed E-state index contributed by atoms with van der Waals surface area (Å²) in [4.78, 5) is 9.21. The SMILES string of the molecule is Cc1ccc(Nc2nc(Nc3ccn[nH]3)c3ccccc3n2)cc1. The van der Waals surface area contributed by atoms with E-state index in [0.717, 1.165) is 28.2 Å². The topological polar surface area (TPSA) is 78.5 Å². The van der Waals surface area contributed by atoms with Crippen molar-refractivity contribution in [3.8, 4) is 0 Å². The van der Waals surface area contributed by atoms with Gasteiger partial charge < -0.3 is 10.6 Å². The highest BCUT2D eigenvalue weighted by molar-refractivity contribution is 5.91. The van der Waals surface area contributed by atoms with Crippen molar-refractivity contribution in [2.75, 3.05) is 10.6 Å². The molecule has 24 heavy (non-hydrogen) atoms. The molecule has 0 atom stereocenters. The molecule has 4 aromatic rings. The molecular formula is C18H16N6. The lowest BCUT2D eigenvalue weighted by Crippen LogP contribution is -2.02. The lowest BCUT2D eigenvalue weighted by molar-refractivity contribution is 1.09. The Morgan fingerprint density at radius 2 is 1.71 bits per heavy atom. The summed E-state index contributed by atoms with van der Waals surface area (Å²) in [5.41, 5.74) is 3.02. The fourth-order valence-electron chi connectivity index (χ4n) is 2.45. The molecule has 0 saturated carbocycles. The second kappa shape index (κ2) is 6.00. The Kier molecular flexibility index (Phi) is 3.55. The summed E-state index contributed by atoms with van der Waals surface area (Å²) in [6.07, 6.45) is 1.69. The Bertz CT molecular complexity index is 961. The summed E-state index contributed by atoms with van der Waals surface area (Å²) < 4.78 is 0. The zero-order chi connectivity index (χ0) is 16.4. The van der Waals surface area contributed by atoms with Crippen molar-refractivity contribution in [3.63, 3.8) is 0 Å². The number of rotatable bonds is 4. The zero-order valence-corrected chi connectivity index (χ0v) is 13.1. The average Bonchev–Trinajstić information content (AvgIpc) is 3.10. The number of benzene rings is 2. The van der Waals surface area contributed by atoms with E-state index in [2.05, 4.69) is 37.7 Å². The van der Waals surface area contributed by atoms with Crippen LogP contribution < -0.4 is 10.6 Å². The van der Waals surface area contributed by atoms with E-state index in [1.165, 1.54) is 5.56 Å². The third-order valence-corrected chi connectivity index (χ3v) is 3.66. The molecule has 0 aliphatic heterocycles. The van der Waals surface area contributed by atoms with Gasteiger partial charge in [0.1, 0.15) is 11.6 Å². The van der Waals surface area contributed by atoms with Crippen LogP contribution >= 0.6 is 0 Å². The molecule has 0 fully saturated rings. The van der Waals surface area contributed by atoms with Crippen LogP contribution in [0.15, 0.2) is 60.8 Å². The van der Waals surface area contributed by atoms with Crippen LogP contribution in [0.2, 0.25) is 0 Å². The van der Waals surface area contributed by atoms with Gasteiger partial charge in [-0.1, -0.05) is 29.8 Å². The van der Waals surface area contributed by atoms with E-state index in [1.807, 2.05) is 54.6 Å². The summed E-state index contributed by atoms with van der Waals surface area (Å²) in [5, 5.41) is 14.3. The molecule has 2 heterocycles. The number of nitrogens with one attached hydrogen (secondary N) is 3. The predicted molar refractivity (Wildman–Crippen MR) is 95.9 cm³/mol. The van der Waals surface area contributed by atoms with Gasteiger partial charge in [-0.25, -0.2) is 4.98 Å². The van der Waals surface area contributed by atoms with Gasteiger partial charge in [-0.3, -0.25) is 5.10 Å². The number of para-hydroxylation sites is 1. The molecule has 0 aliphatic rings. The molecule has 0 amide bonds. The molecule has 4 rings (SSSR count). The largest absolute Gasteiger partial charge is 0.325 e. The molecule has 0 aliphatic carbocycles. The molecule has 0 unspecified atom stereocenters. The molecule has 6 nitrogen and oxygen atoms in total. The maximum absolute atomic E-state index is 4.61. The summed E-state index contributed by atoms with van der Waals surface area (Å²) in [5.74, 6) is 2.04. The molecule has 6 heteroatoms. The van der Waals surface area contributed by atoms with Crippen LogP contribution in [0.3, 0.4) is 0 Å². The van der Waals surface area contributed by atoms with Crippen molar-refractivity contribution >= 4 is 34.2 Å². The van der Waals surface area contributed by atoms with Crippen LogP contribution in [0.4, 0.5) is 23.3 Å². The molecular weight excluding hydrogens is 300 g/mol. The minimum atomic E-state index is 0.541. The van der Waals surface area contributed by atoms with Gasteiger partial charge in [0.2, 0.25) is 5.95 Å². The van der Waals surface area contributed by atoms with Gasteiger partial charge in [0.25, 0.3) is 0 Å². The van der Waals surface area contributed by atoms with Crippen molar-refractivity contribution in [1.82, 2.24) is 20.2 Å².